The second kappa shape index (κ2) is 9.02. The monoisotopic (exact) mass is 476 g/mol. The van der Waals surface area contributed by atoms with Gasteiger partial charge in [0.05, 0.1) is 5.92 Å². The molecule has 5 rings (SSSR count). The Kier molecular flexibility index (Phi) is 6.03. The van der Waals surface area contributed by atoms with Crippen LogP contribution in [0.3, 0.4) is 0 Å². The Labute approximate surface area is 205 Å². The number of hydrogen-bond acceptors (Lipinski definition) is 4. The highest BCUT2D eigenvalue weighted by Gasteiger charge is 2.52. The minimum atomic E-state index is -1.33. The van der Waals surface area contributed by atoms with Crippen molar-refractivity contribution in [1.82, 2.24) is 10.6 Å². The molecule has 184 valence electrons. The number of fused-ring (bicyclic) bond motifs is 5. The van der Waals surface area contributed by atoms with E-state index in [0.29, 0.717) is 0 Å². The Hall–Kier alpha value is -3.35. The SMILES string of the molecule is CCC(C)(NC(=O)C1C2CCC(C2)C1NC(=O)OCC1c2ccccc2-c2ccccc21)C(=O)O. The predicted molar refractivity (Wildman–Crippen MR) is 131 cm³/mol. The molecule has 2 saturated carbocycles. The van der Waals surface area contributed by atoms with Crippen molar-refractivity contribution in [3.63, 3.8) is 0 Å². The number of amides is 2. The van der Waals surface area contributed by atoms with E-state index >= 15 is 0 Å². The number of carbonyl (C=O) groups is 3. The van der Waals surface area contributed by atoms with E-state index in [2.05, 4.69) is 34.9 Å². The number of hydrogen-bond donors (Lipinski definition) is 3. The standard InChI is InChI=1S/C28H32N2O5/c1-3-28(2,26(32)33)30-25(31)23-16-12-13-17(14-16)24(23)29-27(34)35-15-22-20-10-6-4-8-18(20)19-9-5-7-11-21(19)22/h4-11,16-17,22-24H,3,12-15H2,1-2H3,(H,29,34)(H,30,31)(H,32,33). The van der Waals surface area contributed by atoms with Crippen molar-refractivity contribution in [2.75, 3.05) is 6.61 Å². The van der Waals surface area contributed by atoms with Crippen LogP contribution in [0.1, 0.15) is 56.6 Å². The number of nitrogens with one attached hydrogen (secondary N) is 2. The van der Waals surface area contributed by atoms with Crippen LogP contribution < -0.4 is 10.6 Å². The van der Waals surface area contributed by atoms with Gasteiger partial charge in [-0.25, -0.2) is 9.59 Å². The number of carbonyl (C=O) groups excluding carboxylic acids is 2. The van der Waals surface area contributed by atoms with Gasteiger partial charge in [-0.05, 0) is 66.7 Å². The van der Waals surface area contributed by atoms with Crippen molar-refractivity contribution < 1.29 is 24.2 Å². The fraction of sp³-hybridized carbons (Fsp3) is 0.464. The molecule has 0 radical (unpaired) electrons. The van der Waals surface area contributed by atoms with Gasteiger partial charge in [0.25, 0.3) is 0 Å². The normalized spacial score (nSPS) is 25.9. The van der Waals surface area contributed by atoms with Crippen molar-refractivity contribution in [2.24, 2.45) is 17.8 Å². The zero-order chi connectivity index (χ0) is 24.7. The van der Waals surface area contributed by atoms with Crippen LogP contribution in [-0.2, 0) is 14.3 Å². The summed E-state index contributed by atoms with van der Waals surface area (Å²) in [6, 6.07) is 16.0. The zero-order valence-electron chi connectivity index (χ0n) is 20.1. The number of carboxylic acids is 1. The van der Waals surface area contributed by atoms with E-state index in [1.54, 1.807) is 6.92 Å². The molecule has 7 nitrogen and oxygen atoms in total. The molecule has 2 aromatic rings. The van der Waals surface area contributed by atoms with E-state index in [4.69, 9.17) is 4.74 Å². The molecule has 0 aromatic heterocycles. The summed E-state index contributed by atoms with van der Waals surface area (Å²) in [5, 5.41) is 15.3. The second-order valence-corrected chi connectivity index (χ2v) is 10.3. The van der Waals surface area contributed by atoms with Gasteiger partial charge in [-0.1, -0.05) is 55.5 Å². The molecule has 5 unspecified atom stereocenters. The lowest BCUT2D eigenvalue weighted by Gasteiger charge is -2.33. The second-order valence-electron chi connectivity index (χ2n) is 10.3. The number of alkyl carbamates (subject to hydrolysis) is 1. The van der Waals surface area contributed by atoms with E-state index < -0.39 is 23.5 Å². The molecule has 3 aliphatic rings. The van der Waals surface area contributed by atoms with Crippen LogP contribution in [0.4, 0.5) is 4.79 Å². The summed E-state index contributed by atoms with van der Waals surface area (Å²) in [7, 11) is 0. The Morgan fingerprint density at radius 3 is 2.20 bits per heavy atom. The smallest absolute Gasteiger partial charge is 0.407 e. The third kappa shape index (κ3) is 4.07. The highest BCUT2D eigenvalue weighted by Crippen LogP contribution is 2.49. The first-order valence-electron chi connectivity index (χ1n) is 12.5. The average Bonchev–Trinajstić information content (AvgIpc) is 3.54. The van der Waals surface area contributed by atoms with Gasteiger partial charge in [-0.15, -0.1) is 0 Å². The first-order chi connectivity index (χ1) is 16.8. The van der Waals surface area contributed by atoms with Gasteiger partial charge in [0, 0.05) is 12.0 Å². The van der Waals surface area contributed by atoms with Gasteiger partial charge in [-0.3, -0.25) is 4.79 Å². The Morgan fingerprint density at radius 2 is 1.60 bits per heavy atom. The molecule has 3 N–H and O–H groups in total. The first kappa shape index (κ1) is 23.4. The molecule has 2 amide bonds. The first-order valence-corrected chi connectivity index (χ1v) is 12.5. The van der Waals surface area contributed by atoms with Crippen molar-refractivity contribution in [2.45, 2.75) is 57.0 Å². The largest absolute Gasteiger partial charge is 0.480 e. The number of ether oxygens (including phenoxy) is 1. The van der Waals surface area contributed by atoms with Gasteiger partial charge in [0.1, 0.15) is 12.1 Å². The third-order valence-corrected chi connectivity index (χ3v) is 8.43. The number of benzene rings is 2. The van der Waals surface area contributed by atoms with Crippen LogP contribution in [0.2, 0.25) is 0 Å². The van der Waals surface area contributed by atoms with Crippen LogP contribution in [0.5, 0.6) is 0 Å². The molecule has 2 bridgehead atoms. The Bertz CT molecular complexity index is 1120. The molecule has 2 aromatic carbocycles. The zero-order valence-corrected chi connectivity index (χ0v) is 20.1. The molecule has 7 heteroatoms. The van der Waals surface area contributed by atoms with E-state index in [1.807, 2.05) is 24.3 Å². The number of aliphatic carboxylic acids is 1. The molecular formula is C28H32N2O5. The lowest BCUT2D eigenvalue weighted by molar-refractivity contribution is -0.148. The van der Waals surface area contributed by atoms with E-state index in [0.717, 1.165) is 30.4 Å². The minimum Gasteiger partial charge on any atom is -0.480 e. The predicted octanol–water partition coefficient (Wildman–Crippen LogP) is 4.31. The highest BCUT2D eigenvalue weighted by molar-refractivity contribution is 5.89. The highest BCUT2D eigenvalue weighted by atomic mass is 16.5. The van der Waals surface area contributed by atoms with Crippen molar-refractivity contribution in [3.8, 4) is 11.1 Å². The summed E-state index contributed by atoms with van der Waals surface area (Å²) in [6.07, 6.45) is 2.48. The van der Waals surface area contributed by atoms with Crippen LogP contribution in [0.25, 0.3) is 11.1 Å². The third-order valence-electron chi connectivity index (χ3n) is 8.43. The van der Waals surface area contributed by atoms with Gasteiger partial charge in [0.2, 0.25) is 5.91 Å². The molecular weight excluding hydrogens is 444 g/mol. The number of rotatable bonds is 7. The molecule has 0 heterocycles. The molecule has 0 saturated heterocycles. The molecule has 0 spiro atoms. The number of carboxylic acid groups (broad SMARTS) is 1. The Morgan fingerprint density at radius 1 is 1.00 bits per heavy atom. The van der Waals surface area contributed by atoms with E-state index in [-0.39, 0.29) is 42.7 Å². The molecule has 2 fully saturated rings. The topological polar surface area (TPSA) is 105 Å². The average molecular weight is 477 g/mol. The van der Waals surface area contributed by atoms with Crippen LogP contribution in [-0.4, -0.2) is 41.3 Å². The fourth-order valence-electron chi connectivity index (χ4n) is 6.30. The molecule has 5 atom stereocenters. The van der Waals surface area contributed by atoms with Gasteiger partial charge >= 0.3 is 12.1 Å². The van der Waals surface area contributed by atoms with Gasteiger partial charge in [0.15, 0.2) is 0 Å². The van der Waals surface area contributed by atoms with Crippen LogP contribution in [0, 0.1) is 17.8 Å². The molecule has 0 aliphatic heterocycles. The molecule has 3 aliphatic carbocycles. The van der Waals surface area contributed by atoms with E-state index in [9.17, 15) is 19.5 Å². The summed E-state index contributed by atoms with van der Waals surface area (Å²) in [6.45, 7) is 3.47. The quantitative estimate of drug-likeness (QED) is 0.552. The summed E-state index contributed by atoms with van der Waals surface area (Å²) < 4.78 is 5.72. The van der Waals surface area contributed by atoms with Crippen LogP contribution in [0.15, 0.2) is 48.5 Å². The molecule has 35 heavy (non-hydrogen) atoms. The summed E-state index contributed by atoms with van der Waals surface area (Å²) in [4.78, 5) is 37.8. The maximum absolute atomic E-state index is 13.2. The van der Waals surface area contributed by atoms with Crippen molar-refractivity contribution in [3.05, 3.63) is 59.7 Å². The summed E-state index contributed by atoms with van der Waals surface area (Å²) >= 11 is 0. The van der Waals surface area contributed by atoms with Gasteiger partial charge < -0.3 is 20.5 Å². The summed E-state index contributed by atoms with van der Waals surface area (Å²) in [5.74, 6) is -1.49. The lowest BCUT2D eigenvalue weighted by Crippen LogP contribution is -2.57. The fourth-order valence-corrected chi connectivity index (χ4v) is 6.30. The van der Waals surface area contributed by atoms with E-state index in [1.165, 1.54) is 18.1 Å². The summed E-state index contributed by atoms with van der Waals surface area (Å²) in [5.41, 5.74) is 3.30. The maximum Gasteiger partial charge on any atom is 0.407 e. The minimum absolute atomic E-state index is 0.0342. The lowest BCUT2D eigenvalue weighted by atomic mass is 9.83. The van der Waals surface area contributed by atoms with Crippen LogP contribution >= 0.6 is 0 Å². The van der Waals surface area contributed by atoms with Gasteiger partial charge in [-0.2, -0.15) is 0 Å². The van der Waals surface area contributed by atoms with Crippen molar-refractivity contribution >= 4 is 18.0 Å². The maximum atomic E-state index is 13.2. The Balaban J connectivity index is 1.27. The van der Waals surface area contributed by atoms with Crippen molar-refractivity contribution in [1.29, 1.82) is 0 Å².